The number of thioether (sulfide) groups is 1. The van der Waals surface area contributed by atoms with Gasteiger partial charge in [-0.1, -0.05) is 6.92 Å². The Morgan fingerprint density at radius 1 is 1.30 bits per heavy atom. The molecule has 1 rings (SSSR count). The van der Waals surface area contributed by atoms with Crippen LogP contribution >= 0.6 is 11.8 Å². The molecule has 1 aromatic rings. The summed E-state index contributed by atoms with van der Waals surface area (Å²) in [7, 11) is 0. The molecule has 1 heterocycles. The van der Waals surface area contributed by atoms with Gasteiger partial charge in [0.1, 0.15) is 5.78 Å². The van der Waals surface area contributed by atoms with Crippen LogP contribution in [-0.4, -0.2) is 34.3 Å². The first-order chi connectivity index (χ1) is 10.7. The molecule has 5 nitrogen and oxygen atoms in total. The Morgan fingerprint density at radius 2 is 2.00 bits per heavy atom. The summed E-state index contributed by atoms with van der Waals surface area (Å²) in [5.41, 5.74) is -1.78. The van der Waals surface area contributed by atoms with Gasteiger partial charge in [0.15, 0.2) is 0 Å². The fourth-order valence-electron chi connectivity index (χ4n) is 1.60. The molecule has 1 amide bonds. The number of nitrogens with one attached hydrogen (secondary N) is 1. The van der Waals surface area contributed by atoms with Crippen LogP contribution in [0, 0.1) is 0 Å². The summed E-state index contributed by atoms with van der Waals surface area (Å²) in [4.78, 5) is 34.1. The molecule has 0 bridgehead atoms. The summed E-state index contributed by atoms with van der Waals surface area (Å²) in [5.74, 6) is 0.147. The number of nitrogens with zero attached hydrogens (tertiary/aromatic N) is 1. The normalized spacial score (nSPS) is 11.3. The summed E-state index contributed by atoms with van der Waals surface area (Å²) in [5, 5.41) is 2.54. The summed E-state index contributed by atoms with van der Waals surface area (Å²) >= 11 is 1.19. The number of hydrogen-bond acceptors (Lipinski definition) is 4. The van der Waals surface area contributed by atoms with Crippen molar-refractivity contribution in [2.75, 3.05) is 18.1 Å². The van der Waals surface area contributed by atoms with Crippen LogP contribution in [0.4, 0.5) is 13.2 Å². The van der Waals surface area contributed by atoms with Crippen LogP contribution in [0.3, 0.4) is 0 Å². The van der Waals surface area contributed by atoms with E-state index in [2.05, 4.69) is 5.32 Å². The van der Waals surface area contributed by atoms with Crippen molar-refractivity contribution in [3.63, 3.8) is 0 Å². The second-order valence-electron chi connectivity index (χ2n) is 4.68. The van der Waals surface area contributed by atoms with Crippen molar-refractivity contribution in [1.82, 2.24) is 9.88 Å². The third-order valence-corrected chi connectivity index (χ3v) is 3.88. The molecule has 0 saturated carbocycles. The van der Waals surface area contributed by atoms with E-state index >= 15 is 0 Å². The largest absolute Gasteiger partial charge is 0.416 e. The van der Waals surface area contributed by atoms with Crippen molar-refractivity contribution in [2.45, 2.75) is 26.1 Å². The number of pyridine rings is 1. The van der Waals surface area contributed by atoms with Gasteiger partial charge in [-0.2, -0.15) is 13.2 Å². The van der Waals surface area contributed by atoms with Crippen molar-refractivity contribution in [1.29, 1.82) is 0 Å². The predicted molar refractivity (Wildman–Crippen MR) is 81.3 cm³/mol. The lowest BCUT2D eigenvalue weighted by Gasteiger charge is -2.10. The maximum atomic E-state index is 12.4. The predicted octanol–water partition coefficient (Wildman–Crippen LogP) is 1.70. The second kappa shape index (κ2) is 8.76. The van der Waals surface area contributed by atoms with E-state index in [9.17, 15) is 27.6 Å². The fourth-order valence-corrected chi connectivity index (χ4v) is 2.42. The first-order valence-corrected chi connectivity index (χ1v) is 8.03. The average Bonchev–Trinajstić information content (AvgIpc) is 2.47. The fraction of sp³-hybridized carbons (Fsp3) is 0.500. The molecule has 0 aliphatic carbocycles. The van der Waals surface area contributed by atoms with Gasteiger partial charge in [0.2, 0.25) is 5.91 Å². The highest BCUT2D eigenvalue weighted by atomic mass is 32.2. The number of carbonyl (C=O) groups excluding carboxylic acids is 2. The van der Waals surface area contributed by atoms with Gasteiger partial charge >= 0.3 is 6.18 Å². The summed E-state index contributed by atoms with van der Waals surface area (Å²) in [6, 6.07) is 1.34. The molecule has 0 atom stereocenters. The van der Waals surface area contributed by atoms with Gasteiger partial charge in [-0.3, -0.25) is 14.4 Å². The number of ketones is 1. The lowest BCUT2D eigenvalue weighted by atomic mass is 10.2. The standard InChI is InChI=1S/C14H17F3N2O3S/c1-2-11(20)8-23-9-12(21)18-4-6-19-5-3-10(7-13(19)22)14(15,16)17/h3,5,7H,2,4,6,8-9H2,1H3,(H,18,21). The highest BCUT2D eigenvalue weighted by Gasteiger charge is 2.30. The highest BCUT2D eigenvalue weighted by molar-refractivity contribution is 8.00. The van der Waals surface area contributed by atoms with Crippen molar-refractivity contribution < 1.29 is 22.8 Å². The minimum absolute atomic E-state index is 0.0547. The Morgan fingerprint density at radius 3 is 2.57 bits per heavy atom. The quantitative estimate of drug-likeness (QED) is 0.775. The Labute approximate surface area is 135 Å². The maximum absolute atomic E-state index is 12.4. The topological polar surface area (TPSA) is 68.2 Å². The van der Waals surface area contributed by atoms with E-state index in [1.807, 2.05) is 0 Å². The number of aromatic nitrogens is 1. The molecular formula is C14H17F3N2O3S. The van der Waals surface area contributed by atoms with Crippen LogP contribution in [0.2, 0.25) is 0 Å². The molecule has 0 spiro atoms. The van der Waals surface area contributed by atoms with Crippen LogP contribution in [0.1, 0.15) is 18.9 Å². The number of halogens is 3. The lowest BCUT2D eigenvalue weighted by Crippen LogP contribution is -2.32. The molecule has 128 valence electrons. The minimum atomic E-state index is -4.56. The molecule has 0 unspecified atom stereocenters. The molecule has 0 aliphatic heterocycles. The third kappa shape index (κ3) is 6.89. The van der Waals surface area contributed by atoms with Crippen molar-refractivity contribution >= 4 is 23.5 Å². The van der Waals surface area contributed by atoms with Crippen molar-refractivity contribution in [3.8, 4) is 0 Å². The molecule has 23 heavy (non-hydrogen) atoms. The molecule has 0 aliphatic rings. The monoisotopic (exact) mass is 350 g/mol. The number of hydrogen-bond donors (Lipinski definition) is 1. The van der Waals surface area contributed by atoms with Crippen LogP contribution in [-0.2, 0) is 22.3 Å². The van der Waals surface area contributed by atoms with Crippen LogP contribution in [0.15, 0.2) is 23.1 Å². The van der Waals surface area contributed by atoms with E-state index in [4.69, 9.17) is 0 Å². The third-order valence-electron chi connectivity index (χ3n) is 2.89. The summed E-state index contributed by atoms with van der Waals surface area (Å²) < 4.78 is 38.4. The first kappa shape index (κ1) is 19.3. The van der Waals surface area contributed by atoms with Gasteiger partial charge in [0, 0.05) is 31.8 Å². The average molecular weight is 350 g/mol. The molecule has 9 heteroatoms. The summed E-state index contributed by atoms with van der Waals surface area (Å²) in [6.45, 7) is 1.93. The van der Waals surface area contributed by atoms with Gasteiger partial charge in [0.05, 0.1) is 17.1 Å². The van der Waals surface area contributed by atoms with E-state index in [1.54, 1.807) is 6.92 Å². The SMILES string of the molecule is CCC(=O)CSCC(=O)NCCn1ccc(C(F)(F)F)cc1=O. The van der Waals surface area contributed by atoms with E-state index in [-0.39, 0.29) is 36.3 Å². The van der Waals surface area contributed by atoms with Gasteiger partial charge < -0.3 is 9.88 Å². The Kier molecular flexibility index (Phi) is 7.34. The van der Waals surface area contributed by atoms with Crippen molar-refractivity contribution in [2.24, 2.45) is 0 Å². The number of amides is 1. The number of rotatable bonds is 8. The lowest BCUT2D eigenvalue weighted by molar-refractivity contribution is -0.137. The minimum Gasteiger partial charge on any atom is -0.354 e. The van der Waals surface area contributed by atoms with Gasteiger partial charge in [-0.15, -0.1) is 11.8 Å². The van der Waals surface area contributed by atoms with E-state index in [0.29, 0.717) is 12.5 Å². The van der Waals surface area contributed by atoms with Gasteiger partial charge in [0.25, 0.3) is 5.56 Å². The van der Waals surface area contributed by atoms with Gasteiger partial charge in [-0.05, 0) is 6.07 Å². The van der Waals surface area contributed by atoms with Crippen LogP contribution < -0.4 is 10.9 Å². The zero-order valence-corrected chi connectivity index (χ0v) is 13.3. The number of carbonyl (C=O) groups is 2. The molecule has 0 radical (unpaired) electrons. The molecular weight excluding hydrogens is 333 g/mol. The van der Waals surface area contributed by atoms with E-state index in [1.165, 1.54) is 11.8 Å². The Hall–Kier alpha value is -1.77. The van der Waals surface area contributed by atoms with Gasteiger partial charge in [-0.25, -0.2) is 0 Å². The second-order valence-corrected chi connectivity index (χ2v) is 5.67. The highest BCUT2D eigenvalue weighted by Crippen LogP contribution is 2.27. The maximum Gasteiger partial charge on any atom is 0.416 e. The zero-order valence-electron chi connectivity index (χ0n) is 12.5. The number of Topliss-reactive ketones (excluding diaryl/α,β-unsaturated/α-hetero) is 1. The number of alkyl halides is 3. The molecule has 1 N–H and O–H groups in total. The van der Waals surface area contributed by atoms with Crippen LogP contribution in [0.25, 0.3) is 0 Å². The van der Waals surface area contributed by atoms with E-state index < -0.39 is 17.3 Å². The van der Waals surface area contributed by atoms with E-state index in [0.717, 1.165) is 16.8 Å². The molecule has 0 saturated heterocycles. The Bertz CT molecular complexity index is 614. The van der Waals surface area contributed by atoms with Crippen LogP contribution in [0.5, 0.6) is 0 Å². The van der Waals surface area contributed by atoms with Crippen molar-refractivity contribution in [3.05, 3.63) is 34.2 Å². The molecule has 1 aromatic heterocycles. The molecule has 0 fully saturated rings. The molecule has 0 aromatic carbocycles. The Balaban J connectivity index is 2.40. The zero-order chi connectivity index (χ0) is 17.5. The summed E-state index contributed by atoms with van der Waals surface area (Å²) in [6.07, 6.45) is -3.09. The smallest absolute Gasteiger partial charge is 0.354 e. The first-order valence-electron chi connectivity index (χ1n) is 6.88.